The van der Waals surface area contributed by atoms with Crippen molar-refractivity contribution in [1.29, 1.82) is 0 Å². The number of nitrogens with one attached hydrogen (secondary N) is 2. The number of halogens is 3. The monoisotopic (exact) mass is 455 g/mol. The van der Waals surface area contributed by atoms with Crippen molar-refractivity contribution < 1.29 is 22.7 Å². The van der Waals surface area contributed by atoms with E-state index >= 15 is 0 Å². The van der Waals surface area contributed by atoms with Crippen LogP contribution in [0.5, 0.6) is 0 Å². The highest BCUT2D eigenvalue weighted by Crippen LogP contribution is 2.28. The van der Waals surface area contributed by atoms with Crippen LogP contribution in [0.15, 0.2) is 24.2 Å². The highest BCUT2D eigenvalue weighted by molar-refractivity contribution is 5.69. The number of rotatable bonds is 4. The predicted octanol–water partition coefficient (Wildman–Crippen LogP) is 4.41. The lowest BCUT2D eigenvalue weighted by Gasteiger charge is -2.38. The number of amides is 1. The van der Waals surface area contributed by atoms with Gasteiger partial charge in [-0.15, -0.1) is 0 Å². The lowest BCUT2D eigenvalue weighted by Crippen LogP contribution is -2.50. The first-order valence-corrected chi connectivity index (χ1v) is 11.1. The van der Waals surface area contributed by atoms with Crippen molar-refractivity contribution in [2.45, 2.75) is 83.2 Å². The molecule has 1 aliphatic carbocycles. The summed E-state index contributed by atoms with van der Waals surface area (Å²) in [5.41, 5.74) is 1.17. The Kier molecular flexibility index (Phi) is 7.63. The van der Waals surface area contributed by atoms with E-state index in [1.807, 2.05) is 25.7 Å². The number of alkyl carbamates (subject to hydrolysis) is 1. The topological polar surface area (TPSA) is 79.4 Å². The normalized spacial score (nSPS) is 23.8. The van der Waals surface area contributed by atoms with Crippen LogP contribution in [0.2, 0.25) is 0 Å². The van der Waals surface area contributed by atoms with Gasteiger partial charge in [-0.25, -0.2) is 14.8 Å². The SMILES string of the molecule is CC(C)(C)OC(=O)N/C=C1\CCCCC1NC1CCCN(c2cnc(C(F)(F)F)nc2)C1. The summed E-state index contributed by atoms with van der Waals surface area (Å²) in [6, 6.07) is 0.326. The number of alkyl halides is 3. The van der Waals surface area contributed by atoms with Crippen LogP contribution < -0.4 is 15.5 Å². The van der Waals surface area contributed by atoms with Gasteiger partial charge in [-0.05, 0) is 58.4 Å². The van der Waals surface area contributed by atoms with Crippen molar-refractivity contribution in [3.8, 4) is 0 Å². The van der Waals surface area contributed by atoms with Gasteiger partial charge in [-0.1, -0.05) is 6.42 Å². The third-order valence-electron chi connectivity index (χ3n) is 5.55. The predicted molar refractivity (Wildman–Crippen MR) is 115 cm³/mol. The molecule has 1 aliphatic heterocycles. The number of aromatic nitrogens is 2. The van der Waals surface area contributed by atoms with Crippen LogP contribution in [0, 0.1) is 0 Å². The van der Waals surface area contributed by atoms with Crippen LogP contribution in [-0.4, -0.2) is 46.8 Å². The van der Waals surface area contributed by atoms with E-state index in [9.17, 15) is 18.0 Å². The Labute approximate surface area is 186 Å². The number of nitrogens with zero attached hydrogens (tertiary/aromatic N) is 3. The molecule has 178 valence electrons. The van der Waals surface area contributed by atoms with Gasteiger partial charge in [-0.2, -0.15) is 13.2 Å². The molecule has 2 aliphatic rings. The summed E-state index contributed by atoms with van der Waals surface area (Å²) in [6.45, 7) is 6.88. The average molecular weight is 456 g/mol. The van der Waals surface area contributed by atoms with E-state index < -0.39 is 23.7 Å². The molecule has 0 bridgehead atoms. The van der Waals surface area contributed by atoms with Crippen LogP contribution in [0.3, 0.4) is 0 Å². The van der Waals surface area contributed by atoms with Crippen molar-refractivity contribution in [2.24, 2.45) is 0 Å². The Bertz CT molecular complexity index is 805. The zero-order chi connectivity index (χ0) is 23.4. The van der Waals surface area contributed by atoms with E-state index in [2.05, 4.69) is 20.6 Å². The Morgan fingerprint density at radius 3 is 2.53 bits per heavy atom. The maximum Gasteiger partial charge on any atom is 0.451 e. The molecule has 2 fully saturated rings. The standard InChI is InChI=1S/C22H32F3N5O2/c1-21(2,3)32-20(31)28-11-15-7-4-5-9-18(15)29-16-8-6-10-30(14-16)17-12-26-19(27-13-17)22(23,24)25/h11-13,16,18,29H,4-10,14H2,1-3H3,(H,28,31)/b15-11+. The van der Waals surface area contributed by atoms with E-state index in [4.69, 9.17) is 4.74 Å². The van der Waals surface area contributed by atoms with Crippen LogP contribution in [0.1, 0.15) is 65.1 Å². The van der Waals surface area contributed by atoms with Crippen LogP contribution in [0.4, 0.5) is 23.7 Å². The molecule has 0 aromatic carbocycles. The molecular weight excluding hydrogens is 423 g/mol. The van der Waals surface area contributed by atoms with E-state index in [1.54, 1.807) is 6.20 Å². The largest absolute Gasteiger partial charge is 0.451 e. The van der Waals surface area contributed by atoms with Crippen LogP contribution in [0.25, 0.3) is 0 Å². The number of ether oxygens (including phenoxy) is 1. The quantitative estimate of drug-likeness (QED) is 0.701. The Balaban J connectivity index is 1.60. The molecule has 10 heteroatoms. The molecule has 1 amide bonds. The fourth-order valence-electron chi connectivity index (χ4n) is 4.12. The molecule has 3 rings (SSSR count). The second-order valence-electron chi connectivity index (χ2n) is 9.38. The molecule has 1 aromatic rings. The number of anilines is 1. The third kappa shape index (κ3) is 7.08. The fraction of sp³-hybridized carbons (Fsp3) is 0.682. The van der Waals surface area contributed by atoms with E-state index in [0.29, 0.717) is 12.2 Å². The van der Waals surface area contributed by atoms with Gasteiger partial charge in [0.2, 0.25) is 5.82 Å². The number of carbonyl (C=O) groups excluding carboxylic acids is 1. The number of carbonyl (C=O) groups is 1. The lowest BCUT2D eigenvalue weighted by atomic mass is 9.89. The van der Waals surface area contributed by atoms with Gasteiger partial charge in [0.15, 0.2) is 0 Å². The van der Waals surface area contributed by atoms with Gasteiger partial charge in [0.1, 0.15) is 5.60 Å². The Hall–Kier alpha value is -2.36. The molecule has 2 heterocycles. The summed E-state index contributed by atoms with van der Waals surface area (Å²) < 4.78 is 43.5. The smallest absolute Gasteiger partial charge is 0.444 e. The number of hydrogen-bond acceptors (Lipinski definition) is 6. The van der Waals surface area contributed by atoms with Crippen molar-refractivity contribution in [3.05, 3.63) is 30.0 Å². The maximum atomic E-state index is 12.7. The minimum absolute atomic E-state index is 0.146. The fourth-order valence-corrected chi connectivity index (χ4v) is 4.12. The highest BCUT2D eigenvalue weighted by Gasteiger charge is 2.34. The molecule has 32 heavy (non-hydrogen) atoms. The van der Waals surface area contributed by atoms with Gasteiger partial charge in [0.05, 0.1) is 18.1 Å². The number of hydrogen-bond donors (Lipinski definition) is 2. The molecule has 2 unspecified atom stereocenters. The second kappa shape index (κ2) is 10.1. The van der Waals surface area contributed by atoms with E-state index in [0.717, 1.165) is 50.6 Å². The molecule has 2 atom stereocenters. The van der Waals surface area contributed by atoms with Gasteiger partial charge >= 0.3 is 12.3 Å². The summed E-state index contributed by atoms with van der Waals surface area (Å²) >= 11 is 0. The van der Waals surface area contributed by atoms with Crippen molar-refractivity contribution in [3.63, 3.8) is 0 Å². The second-order valence-corrected chi connectivity index (χ2v) is 9.38. The molecule has 0 spiro atoms. The molecule has 2 N–H and O–H groups in total. The maximum absolute atomic E-state index is 12.7. The van der Waals surface area contributed by atoms with Crippen LogP contribution in [-0.2, 0) is 10.9 Å². The minimum atomic E-state index is -4.54. The summed E-state index contributed by atoms with van der Waals surface area (Å²) in [5, 5.41) is 6.44. The summed E-state index contributed by atoms with van der Waals surface area (Å²) in [4.78, 5) is 21.0. The molecule has 7 nitrogen and oxygen atoms in total. The lowest BCUT2D eigenvalue weighted by molar-refractivity contribution is -0.145. The molecule has 1 aromatic heterocycles. The summed E-state index contributed by atoms with van der Waals surface area (Å²) in [5.74, 6) is -1.12. The first-order valence-electron chi connectivity index (χ1n) is 11.1. The van der Waals surface area contributed by atoms with Gasteiger partial charge in [-0.3, -0.25) is 5.32 Å². The third-order valence-corrected chi connectivity index (χ3v) is 5.55. The van der Waals surface area contributed by atoms with E-state index in [1.165, 1.54) is 12.4 Å². The van der Waals surface area contributed by atoms with Crippen molar-refractivity contribution in [1.82, 2.24) is 20.6 Å². The Morgan fingerprint density at radius 2 is 1.88 bits per heavy atom. The molecule has 0 radical (unpaired) electrons. The first kappa shape index (κ1) is 24.3. The molecular formula is C22H32F3N5O2. The van der Waals surface area contributed by atoms with Crippen molar-refractivity contribution >= 4 is 11.8 Å². The first-order chi connectivity index (χ1) is 15.0. The highest BCUT2D eigenvalue weighted by atomic mass is 19.4. The summed E-state index contributed by atoms with van der Waals surface area (Å²) in [7, 11) is 0. The number of piperidine rings is 1. The zero-order valence-corrected chi connectivity index (χ0v) is 18.8. The van der Waals surface area contributed by atoms with Crippen LogP contribution >= 0.6 is 0 Å². The minimum Gasteiger partial charge on any atom is -0.444 e. The Morgan fingerprint density at radius 1 is 1.16 bits per heavy atom. The van der Waals surface area contributed by atoms with Gasteiger partial charge in [0, 0.05) is 31.4 Å². The van der Waals surface area contributed by atoms with Gasteiger partial charge in [0.25, 0.3) is 0 Å². The molecule has 1 saturated carbocycles. The summed E-state index contributed by atoms with van der Waals surface area (Å²) in [6.07, 6.45) is 5.17. The molecule has 1 saturated heterocycles. The van der Waals surface area contributed by atoms with Gasteiger partial charge < -0.3 is 15.0 Å². The van der Waals surface area contributed by atoms with E-state index in [-0.39, 0.29) is 12.1 Å². The zero-order valence-electron chi connectivity index (χ0n) is 18.8. The average Bonchev–Trinajstić information content (AvgIpc) is 2.72. The van der Waals surface area contributed by atoms with Crippen molar-refractivity contribution in [2.75, 3.05) is 18.0 Å².